The zero-order chi connectivity index (χ0) is 15.6. The fourth-order valence-corrected chi connectivity index (χ4v) is 2.91. The van der Waals surface area contributed by atoms with Crippen molar-refractivity contribution in [1.82, 2.24) is 15.2 Å². The van der Waals surface area contributed by atoms with Crippen LogP contribution in [0.4, 0.5) is 5.69 Å². The SMILES string of the molecule is CCCSc1nnc2c(n1)OC(C)(CC)Nc1ccccc1-2. The Morgan fingerprint density at radius 1 is 1.23 bits per heavy atom. The lowest BCUT2D eigenvalue weighted by atomic mass is 10.1. The van der Waals surface area contributed by atoms with Crippen LogP contribution in [0.3, 0.4) is 0 Å². The summed E-state index contributed by atoms with van der Waals surface area (Å²) < 4.78 is 6.16. The molecule has 0 amide bonds. The fraction of sp³-hybridized carbons (Fsp3) is 0.438. The lowest BCUT2D eigenvalue weighted by Crippen LogP contribution is -2.40. The second kappa shape index (κ2) is 6.12. The number of aromatic nitrogens is 3. The summed E-state index contributed by atoms with van der Waals surface area (Å²) in [6.07, 6.45) is 1.88. The number of hydrogen-bond acceptors (Lipinski definition) is 6. The molecule has 3 rings (SSSR count). The molecule has 0 aliphatic carbocycles. The molecule has 1 aliphatic rings. The van der Waals surface area contributed by atoms with E-state index in [-0.39, 0.29) is 0 Å². The van der Waals surface area contributed by atoms with Crippen LogP contribution in [0.15, 0.2) is 29.4 Å². The van der Waals surface area contributed by atoms with Crippen LogP contribution in [0.25, 0.3) is 11.3 Å². The Balaban J connectivity index is 2.09. The molecule has 2 heterocycles. The summed E-state index contributed by atoms with van der Waals surface area (Å²) in [6, 6.07) is 8.03. The van der Waals surface area contributed by atoms with E-state index in [0.29, 0.717) is 16.7 Å². The third-order valence-electron chi connectivity index (χ3n) is 3.65. The highest BCUT2D eigenvalue weighted by Crippen LogP contribution is 2.39. The van der Waals surface area contributed by atoms with E-state index in [0.717, 1.165) is 29.8 Å². The molecule has 1 atom stereocenters. The standard InChI is InChI=1S/C16H20N4OS/c1-4-10-22-15-17-14-13(19-20-15)11-8-6-7-9-12(11)18-16(3,5-2)21-14/h6-9,18H,4-5,10H2,1-3H3. The number of thioether (sulfide) groups is 1. The van der Waals surface area contributed by atoms with Crippen LogP contribution in [-0.2, 0) is 0 Å². The zero-order valence-electron chi connectivity index (χ0n) is 13.1. The van der Waals surface area contributed by atoms with E-state index in [9.17, 15) is 0 Å². The minimum atomic E-state index is -0.510. The van der Waals surface area contributed by atoms with Crippen molar-refractivity contribution in [2.45, 2.75) is 44.5 Å². The summed E-state index contributed by atoms with van der Waals surface area (Å²) in [4.78, 5) is 4.58. The fourth-order valence-electron chi connectivity index (χ4n) is 2.28. The molecule has 2 aromatic rings. The van der Waals surface area contributed by atoms with Gasteiger partial charge in [0.15, 0.2) is 11.4 Å². The number of fused-ring (bicyclic) bond motifs is 3. The Hall–Kier alpha value is -1.82. The van der Waals surface area contributed by atoms with Crippen LogP contribution >= 0.6 is 11.8 Å². The molecule has 1 unspecified atom stereocenters. The average molecular weight is 316 g/mol. The molecule has 5 nitrogen and oxygen atoms in total. The highest BCUT2D eigenvalue weighted by molar-refractivity contribution is 7.99. The summed E-state index contributed by atoms with van der Waals surface area (Å²) in [7, 11) is 0. The first kappa shape index (κ1) is 15.1. The van der Waals surface area contributed by atoms with Crippen molar-refractivity contribution in [2.75, 3.05) is 11.1 Å². The summed E-state index contributed by atoms with van der Waals surface area (Å²) in [5, 5.41) is 12.7. The number of hydrogen-bond donors (Lipinski definition) is 1. The van der Waals surface area contributed by atoms with Crippen molar-refractivity contribution in [2.24, 2.45) is 0 Å². The molecule has 0 radical (unpaired) electrons. The number of anilines is 1. The van der Waals surface area contributed by atoms with Crippen LogP contribution in [0.5, 0.6) is 5.88 Å². The molecule has 0 saturated carbocycles. The molecule has 0 fully saturated rings. The van der Waals surface area contributed by atoms with Gasteiger partial charge >= 0.3 is 0 Å². The maximum atomic E-state index is 6.16. The summed E-state index contributed by atoms with van der Waals surface area (Å²) in [6.45, 7) is 6.25. The largest absolute Gasteiger partial charge is 0.450 e. The van der Waals surface area contributed by atoms with E-state index in [4.69, 9.17) is 4.74 Å². The first-order valence-electron chi connectivity index (χ1n) is 7.59. The van der Waals surface area contributed by atoms with Crippen LogP contribution in [0.1, 0.15) is 33.6 Å². The number of para-hydroxylation sites is 1. The van der Waals surface area contributed by atoms with Crippen molar-refractivity contribution in [1.29, 1.82) is 0 Å². The molecule has 0 bridgehead atoms. The topological polar surface area (TPSA) is 59.9 Å². The highest BCUT2D eigenvalue weighted by Gasteiger charge is 2.32. The molecule has 1 aromatic heterocycles. The van der Waals surface area contributed by atoms with Gasteiger partial charge in [0.05, 0.1) is 0 Å². The van der Waals surface area contributed by atoms with Gasteiger partial charge in [-0.25, -0.2) is 0 Å². The number of benzene rings is 1. The average Bonchev–Trinajstić information content (AvgIpc) is 2.66. The van der Waals surface area contributed by atoms with E-state index in [1.165, 1.54) is 0 Å². The van der Waals surface area contributed by atoms with Gasteiger partial charge in [-0.3, -0.25) is 0 Å². The Morgan fingerprint density at radius 3 is 2.82 bits per heavy atom. The van der Waals surface area contributed by atoms with Gasteiger partial charge in [0.25, 0.3) is 0 Å². The Morgan fingerprint density at radius 2 is 2.05 bits per heavy atom. The maximum Gasteiger partial charge on any atom is 0.247 e. The minimum Gasteiger partial charge on any atom is -0.450 e. The molecule has 0 spiro atoms. The Kier molecular flexibility index (Phi) is 4.20. The van der Waals surface area contributed by atoms with E-state index in [2.05, 4.69) is 34.3 Å². The van der Waals surface area contributed by atoms with Crippen molar-refractivity contribution < 1.29 is 4.74 Å². The molecular weight excluding hydrogens is 296 g/mol. The summed E-state index contributed by atoms with van der Waals surface area (Å²) >= 11 is 1.60. The third-order valence-corrected chi connectivity index (χ3v) is 4.69. The lowest BCUT2D eigenvalue weighted by Gasteiger charge is -2.29. The number of rotatable bonds is 4. The third kappa shape index (κ3) is 2.88. The number of nitrogens with zero attached hydrogens (tertiary/aromatic N) is 3. The van der Waals surface area contributed by atoms with Gasteiger partial charge in [0, 0.05) is 23.4 Å². The zero-order valence-corrected chi connectivity index (χ0v) is 13.9. The van der Waals surface area contributed by atoms with Gasteiger partial charge in [-0.1, -0.05) is 43.8 Å². The molecule has 0 saturated heterocycles. The van der Waals surface area contributed by atoms with E-state index >= 15 is 0 Å². The van der Waals surface area contributed by atoms with Gasteiger partial charge < -0.3 is 10.1 Å². The van der Waals surface area contributed by atoms with Gasteiger partial charge in [-0.2, -0.15) is 4.98 Å². The highest BCUT2D eigenvalue weighted by atomic mass is 32.2. The van der Waals surface area contributed by atoms with Crippen LogP contribution < -0.4 is 10.1 Å². The monoisotopic (exact) mass is 316 g/mol. The lowest BCUT2D eigenvalue weighted by molar-refractivity contribution is 0.109. The number of nitrogens with one attached hydrogen (secondary N) is 1. The predicted molar refractivity (Wildman–Crippen MR) is 89.2 cm³/mol. The molecule has 1 aliphatic heterocycles. The molecule has 116 valence electrons. The first-order chi connectivity index (χ1) is 10.6. The summed E-state index contributed by atoms with van der Waals surface area (Å²) in [5.41, 5.74) is 2.16. The summed E-state index contributed by atoms with van der Waals surface area (Å²) in [5.74, 6) is 1.52. The van der Waals surface area contributed by atoms with Crippen LogP contribution in [0, 0.1) is 0 Å². The first-order valence-corrected chi connectivity index (χ1v) is 8.58. The van der Waals surface area contributed by atoms with Crippen molar-refractivity contribution >= 4 is 17.4 Å². The minimum absolute atomic E-state index is 0.510. The number of ether oxygens (including phenoxy) is 1. The maximum absolute atomic E-state index is 6.16. The molecule has 6 heteroatoms. The smallest absolute Gasteiger partial charge is 0.247 e. The quantitative estimate of drug-likeness (QED) is 0.861. The van der Waals surface area contributed by atoms with E-state index < -0.39 is 5.72 Å². The van der Waals surface area contributed by atoms with Gasteiger partial charge in [-0.05, 0) is 19.4 Å². The van der Waals surface area contributed by atoms with Crippen molar-refractivity contribution in [3.05, 3.63) is 24.3 Å². The van der Waals surface area contributed by atoms with Crippen LogP contribution in [-0.4, -0.2) is 26.7 Å². The second-order valence-corrected chi connectivity index (χ2v) is 6.52. The Labute approximate surface area is 134 Å². The van der Waals surface area contributed by atoms with Crippen molar-refractivity contribution in [3.63, 3.8) is 0 Å². The predicted octanol–water partition coefficient (Wildman–Crippen LogP) is 3.97. The van der Waals surface area contributed by atoms with E-state index in [1.807, 2.05) is 31.2 Å². The van der Waals surface area contributed by atoms with Crippen molar-refractivity contribution in [3.8, 4) is 17.1 Å². The molecule has 1 N–H and O–H groups in total. The molecular formula is C16H20N4OS. The van der Waals surface area contributed by atoms with Gasteiger partial charge in [-0.15, -0.1) is 10.2 Å². The van der Waals surface area contributed by atoms with E-state index in [1.54, 1.807) is 11.8 Å². The second-order valence-electron chi connectivity index (χ2n) is 5.45. The van der Waals surface area contributed by atoms with Gasteiger partial charge in [0.2, 0.25) is 11.0 Å². The molecule has 22 heavy (non-hydrogen) atoms. The van der Waals surface area contributed by atoms with Gasteiger partial charge in [0.1, 0.15) is 0 Å². The normalized spacial score (nSPS) is 19.4. The van der Waals surface area contributed by atoms with Crippen LogP contribution in [0.2, 0.25) is 0 Å². The Bertz CT molecular complexity index is 679. The molecule has 1 aromatic carbocycles.